The predicted octanol–water partition coefficient (Wildman–Crippen LogP) is -0.0508. The van der Waals surface area contributed by atoms with Crippen LogP contribution in [0.2, 0.25) is 0 Å². The van der Waals surface area contributed by atoms with Gasteiger partial charge in [0.1, 0.15) is 35.7 Å². The number of carbonyl (C=O) groups is 3. The van der Waals surface area contributed by atoms with Gasteiger partial charge < -0.3 is 21.0 Å². The fourth-order valence-electron chi connectivity index (χ4n) is 2.67. The molecular weight excluding hydrogens is 398 g/mol. The van der Waals surface area contributed by atoms with Gasteiger partial charge in [-0.1, -0.05) is 22.8 Å². The van der Waals surface area contributed by atoms with Crippen LogP contribution >= 0.6 is 23.4 Å². The molecule has 4 N–H and O–H groups in total. The van der Waals surface area contributed by atoms with E-state index < -0.39 is 29.2 Å². The number of pyridine rings is 1. The van der Waals surface area contributed by atoms with Gasteiger partial charge in [-0.15, -0.1) is 11.8 Å². The summed E-state index contributed by atoms with van der Waals surface area (Å²) in [7, 11) is 1.26. The summed E-state index contributed by atoms with van der Waals surface area (Å²) in [6.07, 6.45) is 0. The molecule has 0 radical (unpaired) electrons. The zero-order valence-electron chi connectivity index (χ0n) is 13.9. The Morgan fingerprint density at radius 1 is 1.52 bits per heavy atom. The van der Waals surface area contributed by atoms with E-state index in [0.29, 0.717) is 0 Å². The third-order valence-corrected chi connectivity index (χ3v) is 5.57. The third-order valence-electron chi connectivity index (χ3n) is 3.82. The predicted molar refractivity (Wildman–Crippen MR) is 97.7 cm³/mol. The molecule has 3 rings (SSSR count). The number of nitrogens with two attached hydrogens (primary N) is 1. The molecule has 1 saturated heterocycles. The number of aliphatic carboxylic acids is 1. The van der Waals surface area contributed by atoms with E-state index in [9.17, 15) is 19.5 Å². The highest BCUT2D eigenvalue weighted by Crippen LogP contribution is 2.41. The number of hydrogen-bond donors (Lipinski definition) is 3. The smallest absolute Gasteiger partial charge is 0.353 e. The molecule has 2 aliphatic rings. The van der Waals surface area contributed by atoms with Gasteiger partial charge in [-0.3, -0.25) is 14.5 Å². The van der Waals surface area contributed by atoms with Crippen molar-refractivity contribution >= 4 is 52.7 Å². The summed E-state index contributed by atoms with van der Waals surface area (Å²) in [5.41, 5.74) is 5.36. The minimum atomic E-state index is -1.30. The van der Waals surface area contributed by atoms with Crippen molar-refractivity contribution in [2.75, 3.05) is 18.6 Å². The lowest BCUT2D eigenvalue weighted by Crippen LogP contribution is -2.71. The van der Waals surface area contributed by atoms with Gasteiger partial charge in [0.05, 0.1) is 5.03 Å². The lowest BCUT2D eigenvalue weighted by atomic mass is 10.0. The van der Waals surface area contributed by atoms with Crippen LogP contribution in [-0.2, 0) is 19.2 Å². The first kappa shape index (κ1) is 19.0. The number of nitrogen functional groups attached to an aromatic ring is 1. The SMILES string of the molecule is CON=C(C(=O)NC1C(=O)N2C(C(=O)O)=C(Cl)CS[C@@H]12)c1cccc(N)n1. The number of anilines is 1. The molecule has 12 heteroatoms. The summed E-state index contributed by atoms with van der Waals surface area (Å²) < 4.78 is 0. The Bertz CT molecular complexity index is 889. The number of thioether (sulfide) groups is 1. The molecule has 1 aromatic heterocycles. The van der Waals surface area contributed by atoms with E-state index in [-0.39, 0.29) is 33.7 Å². The summed E-state index contributed by atoms with van der Waals surface area (Å²) in [4.78, 5) is 46.1. The van der Waals surface area contributed by atoms with Crippen LogP contribution < -0.4 is 11.1 Å². The molecule has 2 amide bonds. The Kier molecular flexibility index (Phi) is 5.24. The number of amides is 2. The summed E-state index contributed by atoms with van der Waals surface area (Å²) in [5, 5.41) is 15.0. The van der Waals surface area contributed by atoms with Crippen LogP contribution in [0.25, 0.3) is 0 Å². The number of carboxylic acids is 1. The van der Waals surface area contributed by atoms with Crippen LogP contribution in [0.3, 0.4) is 0 Å². The molecular formula is C15H14ClN5O5S. The number of rotatable bonds is 5. The lowest BCUT2D eigenvalue weighted by Gasteiger charge is -2.48. The maximum absolute atomic E-state index is 12.6. The van der Waals surface area contributed by atoms with Crippen molar-refractivity contribution in [3.63, 3.8) is 0 Å². The van der Waals surface area contributed by atoms with Crippen LogP contribution in [-0.4, -0.2) is 62.8 Å². The van der Waals surface area contributed by atoms with Crippen molar-refractivity contribution in [1.82, 2.24) is 15.2 Å². The zero-order valence-corrected chi connectivity index (χ0v) is 15.5. The van der Waals surface area contributed by atoms with Gasteiger partial charge in [0, 0.05) is 5.75 Å². The fraction of sp³-hybridized carbons (Fsp3) is 0.267. The Morgan fingerprint density at radius 2 is 2.26 bits per heavy atom. The van der Waals surface area contributed by atoms with Gasteiger partial charge in [0.25, 0.3) is 11.8 Å². The molecule has 0 aliphatic carbocycles. The van der Waals surface area contributed by atoms with Crippen LogP contribution in [0.5, 0.6) is 0 Å². The maximum atomic E-state index is 12.6. The number of β-lactam (4-membered cyclic amide) rings is 1. The van der Waals surface area contributed by atoms with E-state index in [1.54, 1.807) is 12.1 Å². The first-order valence-electron chi connectivity index (χ1n) is 7.56. The van der Waals surface area contributed by atoms with Gasteiger partial charge >= 0.3 is 5.97 Å². The molecule has 1 fully saturated rings. The number of halogens is 1. The van der Waals surface area contributed by atoms with Crippen LogP contribution in [0.1, 0.15) is 5.69 Å². The first-order chi connectivity index (χ1) is 12.8. The average molecular weight is 412 g/mol. The largest absolute Gasteiger partial charge is 0.477 e. The van der Waals surface area contributed by atoms with Crippen molar-refractivity contribution in [3.8, 4) is 0 Å². The fourth-order valence-corrected chi connectivity index (χ4v) is 4.22. The Labute approximate surface area is 162 Å². The van der Waals surface area contributed by atoms with E-state index >= 15 is 0 Å². The zero-order chi connectivity index (χ0) is 19.7. The quantitative estimate of drug-likeness (QED) is 0.347. The number of carbonyl (C=O) groups excluding carboxylic acids is 2. The van der Waals surface area contributed by atoms with Crippen molar-refractivity contribution in [1.29, 1.82) is 0 Å². The van der Waals surface area contributed by atoms with Crippen LogP contribution in [0.4, 0.5) is 5.82 Å². The van der Waals surface area contributed by atoms with Gasteiger partial charge in [0.15, 0.2) is 5.71 Å². The molecule has 27 heavy (non-hydrogen) atoms. The molecule has 2 aliphatic heterocycles. The third kappa shape index (κ3) is 3.43. The summed E-state index contributed by atoms with van der Waals surface area (Å²) in [5.74, 6) is -2.17. The topological polar surface area (TPSA) is 147 Å². The van der Waals surface area contributed by atoms with Gasteiger partial charge in [-0.2, -0.15) is 0 Å². The number of hydrogen-bond acceptors (Lipinski definition) is 8. The second-order valence-corrected chi connectivity index (χ2v) is 7.05. The second-order valence-electron chi connectivity index (χ2n) is 5.49. The van der Waals surface area contributed by atoms with Gasteiger partial charge in [-0.25, -0.2) is 9.78 Å². The van der Waals surface area contributed by atoms with Crippen molar-refractivity contribution in [2.45, 2.75) is 11.4 Å². The highest BCUT2D eigenvalue weighted by Gasteiger charge is 2.54. The van der Waals surface area contributed by atoms with Crippen molar-refractivity contribution in [3.05, 3.63) is 34.6 Å². The molecule has 0 saturated carbocycles. The standard InChI is InChI=1S/C15H14ClN5O5S/c1-26-20-9(7-3-2-4-8(17)18-7)12(22)19-10-13(23)21-11(15(24)25)6(16)5-27-14(10)21/h2-4,10,14H,5H2,1H3,(H2,17,18)(H,19,22)(H,24,25)/t10?,14-/m0/s1. The number of nitrogens with zero attached hydrogens (tertiary/aromatic N) is 3. The van der Waals surface area contributed by atoms with Crippen molar-refractivity contribution in [2.24, 2.45) is 5.16 Å². The van der Waals surface area contributed by atoms with E-state index in [1.807, 2.05) is 0 Å². The molecule has 10 nitrogen and oxygen atoms in total. The normalized spacial score (nSPS) is 22.1. The molecule has 1 unspecified atom stereocenters. The molecule has 3 heterocycles. The number of fused-ring (bicyclic) bond motifs is 1. The summed E-state index contributed by atoms with van der Waals surface area (Å²) in [6, 6.07) is 3.73. The number of carboxylic acid groups (broad SMARTS) is 1. The van der Waals surface area contributed by atoms with E-state index in [4.69, 9.17) is 22.2 Å². The molecule has 2 atom stereocenters. The minimum Gasteiger partial charge on any atom is -0.477 e. The molecule has 1 aromatic rings. The van der Waals surface area contributed by atoms with Gasteiger partial charge in [0.2, 0.25) is 0 Å². The monoisotopic (exact) mass is 411 g/mol. The van der Waals surface area contributed by atoms with E-state index in [2.05, 4.69) is 15.5 Å². The maximum Gasteiger partial charge on any atom is 0.353 e. The van der Waals surface area contributed by atoms with E-state index in [0.717, 1.165) is 4.90 Å². The molecule has 0 bridgehead atoms. The van der Waals surface area contributed by atoms with Crippen molar-refractivity contribution < 1.29 is 24.3 Å². The second kappa shape index (κ2) is 7.45. The highest BCUT2D eigenvalue weighted by molar-refractivity contribution is 8.00. The first-order valence-corrected chi connectivity index (χ1v) is 8.99. The highest BCUT2D eigenvalue weighted by atomic mass is 35.5. The Balaban J connectivity index is 1.80. The van der Waals surface area contributed by atoms with Gasteiger partial charge in [-0.05, 0) is 12.1 Å². The van der Waals surface area contributed by atoms with Crippen LogP contribution in [0.15, 0.2) is 34.1 Å². The molecule has 0 aromatic carbocycles. The van der Waals surface area contributed by atoms with E-state index in [1.165, 1.54) is 24.9 Å². The van der Waals surface area contributed by atoms with Crippen LogP contribution in [0, 0.1) is 0 Å². The molecule has 0 spiro atoms. The minimum absolute atomic E-state index is 0.0764. The summed E-state index contributed by atoms with van der Waals surface area (Å²) in [6.45, 7) is 0. The molecule has 142 valence electrons. The lowest BCUT2D eigenvalue weighted by molar-refractivity contribution is -0.150. The number of nitrogens with one attached hydrogen (secondary N) is 1. The number of aromatic nitrogens is 1. The number of oxime groups is 1. The Morgan fingerprint density at radius 3 is 2.89 bits per heavy atom. The average Bonchev–Trinajstić information content (AvgIpc) is 2.63. The Hall–Kier alpha value is -2.79. The summed E-state index contributed by atoms with van der Waals surface area (Å²) >= 11 is 7.17.